The Labute approximate surface area is 100 Å². The van der Waals surface area contributed by atoms with Crippen LogP contribution in [0.2, 0.25) is 0 Å². The zero-order chi connectivity index (χ0) is 12.4. The van der Waals surface area contributed by atoms with E-state index >= 15 is 0 Å². The van der Waals surface area contributed by atoms with Crippen LogP contribution in [0.3, 0.4) is 0 Å². The highest BCUT2D eigenvalue weighted by atomic mass is 16.1. The average Bonchev–Trinajstić information content (AvgIpc) is 2.72. The molecular weight excluding hydrogens is 214 g/mol. The van der Waals surface area contributed by atoms with Gasteiger partial charge in [-0.05, 0) is 19.1 Å². The number of pyridine rings is 1. The molecule has 2 aromatic rings. The normalized spacial score (nSPS) is 11.8. The molecule has 0 unspecified atom stereocenters. The predicted molar refractivity (Wildman–Crippen MR) is 67.5 cm³/mol. The zero-order valence-electron chi connectivity index (χ0n) is 10.2. The largest absolute Gasteiger partial charge is 0.383 e. The molecule has 0 spiro atoms. The van der Waals surface area contributed by atoms with Crippen LogP contribution in [0.25, 0.3) is 11.2 Å². The van der Waals surface area contributed by atoms with Crippen LogP contribution in [-0.2, 0) is 4.79 Å². The Morgan fingerprint density at radius 3 is 2.82 bits per heavy atom. The fraction of sp³-hybridized carbons (Fsp3) is 0.231. The third-order valence-corrected chi connectivity index (χ3v) is 2.47. The smallest absolute Gasteiger partial charge is 0.161 e. The first kappa shape index (κ1) is 11.4. The molecule has 2 rings (SSSR count). The molecule has 0 radical (unpaired) electrons. The Balaban J connectivity index is 2.52. The van der Waals surface area contributed by atoms with E-state index in [1.54, 1.807) is 13.1 Å². The van der Waals surface area contributed by atoms with E-state index in [1.165, 1.54) is 0 Å². The number of hydrogen-bond acceptors (Lipinski definition) is 3. The molecular formula is C13H15N3O. The summed E-state index contributed by atoms with van der Waals surface area (Å²) in [6.45, 7) is 1.58. The molecule has 0 N–H and O–H groups in total. The molecule has 0 aromatic carbocycles. The summed E-state index contributed by atoms with van der Waals surface area (Å²) in [5.74, 6) is 0.0539. The van der Waals surface area contributed by atoms with Crippen LogP contribution in [0.15, 0.2) is 36.9 Å². The number of carbonyl (C=O) groups is 1. The molecule has 17 heavy (non-hydrogen) atoms. The highest BCUT2D eigenvalue weighted by Gasteiger charge is 2.08. The fourth-order valence-electron chi connectivity index (χ4n) is 1.71. The van der Waals surface area contributed by atoms with E-state index in [1.807, 2.05) is 54.1 Å². The first-order chi connectivity index (χ1) is 8.08. The van der Waals surface area contributed by atoms with Crippen LogP contribution in [0.5, 0.6) is 0 Å². The van der Waals surface area contributed by atoms with E-state index in [9.17, 15) is 4.79 Å². The number of Topliss-reactive ketones (excluding diaryl/α,β-unsaturated/α-hetero) is 1. The minimum Gasteiger partial charge on any atom is -0.383 e. The van der Waals surface area contributed by atoms with Crippen LogP contribution in [-0.4, -0.2) is 34.2 Å². The molecule has 0 saturated carbocycles. The Hall–Kier alpha value is -2.10. The molecule has 0 aliphatic rings. The second kappa shape index (κ2) is 4.41. The van der Waals surface area contributed by atoms with E-state index in [0.717, 1.165) is 11.2 Å². The fourth-order valence-corrected chi connectivity index (χ4v) is 1.71. The van der Waals surface area contributed by atoms with Gasteiger partial charge in [0.05, 0.1) is 0 Å². The van der Waals surface area contributed by atoms with E-state index < -0.39 is 0 Å². The summed E-state index contributed by atoms with van der Waals surface area (Å²) in [4.78, 5) is 17.7. The Morgan fingerprint density at radius 1 is 1.41 bits per heavy atom. The molecule has 0 fully saturated rings. The average molecular weight is 229 g/mol. The van der Waals surface area contributed by atoms with Gasteiger partial charge in [-0.15, -0.1) is 0 Å². The van der Waals surface area contributed by atoms with Gasteiger partial charge in [0.25, 0.3) is 0 Å². The molecule has 4 heteroatoms. The third-order valence-electron chi connectivity index (χ3n) is 2.47. The highest BCUT2D eigenvalue weighted by molar-refractivity contribution is 6.19. The van der Waals surface area contributed by atoms with Gasteiger partial charge in [-0.2, -0.15) is 0 Å². The summed E-state index contributed by atoms with van der Waals surface area (Å²) in [7, 11) is 3.80. The number of rotatable bonds is 3. The summed E-state index contributed by atoms with van der Waals surface area (Å²) in [5, 5.41) is 0. The first-order valence-electron chi connectivity index (χ1n) is 5.40. The van der Waals surface area contributed by atoms with E-state index in [-0.39, 0.29) is 5.78 Å². The number of allylic oxidation sites excluding steroid dienone is 1. The second-order valence-corrected chi connectivity index (χ2v) is 4.17. The monoisotopic (exact) mass is 229 g/mol. The predicted octanol–water partition coefficient (Wildman–Crippen LogP) is 1.83. The van der Waals surface area contributed by atoms with Crippen LogP contribution in [0.4, 0.5) is 0 Å². The number of carbonyl (C=O) groups excluding carboxylic acids is 1. The molecule has 0 atom stereocenters. The first-order valence-corrected chi connectivity index (χ1v) is 5.40. The van der Waals surface area contributed by atoms with Crippen molar-refractivity contribution < 1.29 is 4.79 Å². The van der Waals surface area contributed by atoms with Crippen LogP contribution in [0.1, 0.15) is 12.5 Å². The van der Waals surface area contributed by atoms with Crippen molar-refractivity contribution >= 4 is 17.0 Å². The molecule has 4 nitrogen and oxygen atoms in total. The summed E-state index contributed by atoms with van der Waals surface area (Å²) < 4.78 is 1.90. The summed E-state index contributed by atoms with van der Waals surface area (Å²) in [5.41, 5.74) is 2.48. The van der Waals surface area contributed by atoms with Crippen molar-refractivity contribution in [1.82, 2.24) is 14.3 Å². The Morgan fingerprint density at radius 2 is 2.18 bits per heavy atom. The van der Waals surface area contributed by atoms with Crippen molar-refractivity contribution in [2.75, 3.05) is 14.1 Å². The molecule has 0 saturated heterocycles. The number of nitrogens with zero attached hydrogens (tertiary/aromatic N) is 3. The van der Waals surface area contributed by atoms with Crippen molar-refractivity contribution in [3.05, 3.63) is 42.5 Å². The molecule has 0 aliphatic heterocycles. The van der Waals surface area contributed by atoms with Gasteiger partial charge in [0, 0.05) is 50.0 Å². The van der Waals surface area contributed by atoms with Gasteiger partial charge in [0.15, 0.2) is 5.78 Å². The Kier molecular flexibility index (Phi) is 2.95. The van der Waals surface area contributed by atoms with Gasteiger partial charge in [-0.3, -0.25) is 4.79 Å². The number of imidazole rings is 1. The SMILES string of the molecule is CC(=O)C(=CN(C)C)c1ccc2nccn2c1. The number of aromatic nitrogens is 2. The van der Waals surface area contributed by atoms with Gasteiger partial charge in [-0.1, -0.05) is 0 Å². The summed E-state index contributed by atoms with van der Waals surface area (Å²) >= 11 is 0. The number of fused-ring (bicyclic) bond motifs is 1. The zero-order valence-corrected chi connectivity index (χ0v) is 10.2. The Bertz CT molecular complexity index is 581. The van der Waals surface area contributed by atoms with Crippen molar-refractivity contribution in [2.24, 2.45) is 0 Å². The number of hydrogen-bond donors (Lipinski definition) is 0. The molecule has 0 bridgehead atoms. The van der Waals surface area contributed by atoms with Crippen molar-refractivity contribution in [1.29, 1.82) is 0 Å². The van der Waals surface area contributed by atoms with Crippen LogP contribution in [0, 0.1) is 0 Å². The molecule has 0 aliphatic carbocycles. The maximum Gasteiger partial charge on any atom is 0.161 e. The van der Waals surface area contributed by atoms with Gasteiger partial charge >= 0.3 is 0 Å². The lowest BCUT2D eigenvalue weighted by atomic mass is 10.1. The standard InChI is InChI=1S/C13H15N3O/c1-10(17)12(9-15(2)3)11-4-5-13-14-6-7-16(13)8-11/h4-9H,1-3H3. The van der Waals surface area contributed by atoms with Crippen molar-refractivity contribution in [3.63, 3.8) is 0 Å². The summed E-state index contributed by atoms with van der Waals surface area (Å²) in [6.07, 6.45) is 7.36. The van der Waals surface area contributed by atoms with E-state index in [4.69, 9.17) is 0 Å². The highest BCUT2D eigenvalue weighted by Crippen LogP contribution is 2.16. The van der Waals surface area contributed by atoms with Crippen molar-refractivity contribution in [2.45, 2.75) is 6.92 Å². The van der Waals surface area contributed by atoms with Gasteiger partial charge in [0.1, 0.15) is 5.65 Å². The van der Waals surface area contributed by atoms with Gasteiger partial charge in [-0.25, -0.2) is 4.98 Å². The third kappa shape index (κ3) is 2.36. The van der Waals surface area contributed by atoms with Gasteiger partial charge in [0.2, 0.25) is 0 Å². The molecule has 88 valence electrons. The van der Waals surface area contributed by atoms with E-state index in [0.29, 0.717) is 5.57 Å². The quantitative estimate of drug-likeness (QED) is 0.753. The minimum atomic E-state index is 0.0539. The lowest BCUT2D eigenvalue weighted by Crippen LogP contribution is -2.07. The van der Waals surface area contributed by atoms with E-state index in [2.05, 4.69) is 4.98 Å². The minimum absolute atomic E-state index is 0.0539. The molecule has 2 aromatic heterocycles. The van der Waals surface area contributed by atoms with Crippen LogP contribution >= 0.6 is 0 Å². The maximum absolute atomic E-state index is 11.6. The van der Waals surface area contributed by atoms with Gasteiger partial charge < -0.3 is 9.30 Å². The topological polar surface area (TPSA) is 37.6 Å². The molecule has 2 heterocycles. The van der Waals surface area contributed by atoms with Crippen LogP contribution < -0.4 is 0 Å². The molecule has 0 amide bonds. The number of ketones is 1. The maximum atomic E-state index is 11.6. The summed E-state index contributed by atoms with van der Waals surface area (Å²) in [6, 6.07) is 3.82. The second-order valence-electron chi connectivity index (χ2n) is 4.17. The lowest BCUT2D eigenvalue weighted by Gasteiger charge is -2.10. The lowest BCUT2D eigenvalue weighted by molar-refractivity contribution is -0.111. The van der Waals surface area contributed by atoms with Crippen molar-refractivity contribution in [3.8, 4) is 0 Å².